The molecule has 0 unspecified atom stereocenters. The molecule has 1 aliphatic rings. The molecule has 0 aromatic heterocycles. The molecule has 0 radical (unpaired) electrons. The van der Waals surface area contributed by atoms with E-state index < -0.39 is 9.84 Å². The summed E-state index contributed by atoms with van der Waals surface area (Å²) < 4.78 is 25.0. The first-order chi connectivity index (χ1) is 11.5. The first-order valence-corrected chi connectivity index (χ1v) is 10.7. The van der Waals surface area contributed by atoms with Crippen molar-refractivity contribution < 1.29 is 13.2 Å². The number of carbonyl (C=O) groups excluding carboxylic acids is 1. The highest BCUT2D eigenvalue weighted by Crippen LogP contribution is 2.30. The van der Waals surface area contributed by atoms with Crippen LogP contribution in [0.4, 0.5) is 5.69 Å². The van der Waals surface area contributed by atoms with Crippen molar-refractivity contribution in [2.45, 2.75) is 81.3 Å². The summed E-state index contributed by atoms with van der Waals surface area (Å²) in [7, 11) is -3.22. The van der Waals surface area contributed by atoms with E-state index in [1.807, 2.05) is 0 Å². The van der Waals surface area contributed by atoms with E-state index in [2.05, 4.69) is 12.2 Å². The quantitative estimate of drug-likeness (QED) is 0.656. The smallest absolute Gasteiger partial charge is 0.224 e. The second-order valence-electron chi connectivity index (χ2n) is 6.69. The molecule has 0 atom stereocenters. The molecule has 0 saturated heterocycles. The first-order valence-electron chi connectivity index (χ1n) is 9.18. The fourth-order valence-electron chi connectivity index (χ4n) is 3.23. The third kappa shape index (κ3) is 5.33. The average molecular weight is 352 g/mol. The maximum Gasteiger partial charge on any atom is 0.224 e. The lowest BCUT2D eigenvalue weighted by atomic mass is 10.1. The van der Waals surface area contributed by atoms with Crippen LogP contribution in [-0.2, 0) is 14.6 Å². The van der Waals surface area contributed by atoms with Crippen LogP contribution >= 0.6 is 0 Å². The lowest BCUT2D eigenvalue weighted by Gasteiger charge is -2.12. The van der Waals surface area contributed by atoms with Crippen molar-refractivity contribution in [1.29, 1.82) is 0 Å². The zero-order chi connectivity index (χ0) is 17.4. The lowest BCUT2D eigenvalue weighted by Crippen LogP contribution is -2.18. The molecule has 1 aromatic carbocycles. The Kier molecular flexibility index (Phi) is 7.28. The van der Waals surface area contributed by atoms with Gasteiger partial charge in [-0.3, -0.25) is 4.79 Å². The van der Waals surface area contributed by atoms with Crippen molar-refractivity contribution in [2.24, 2.45) is 0 Å². The molecule has 1 amide bonds. The number of nitrogens with one attached hydrogen (secondary N) is 1. The molecule has 1 fully saturated rings. The standard InChI is InChI=1S/C19H29NO3S/c1-2-3-4-5-6-11-19(21)20-16-12-14-18(15-13-16)24(22,23)17-9-7-8-10-17/h12-15,17H,2-11H2,1H3,(H,20,21). The number of sulfone groups is 1. The second kappa shape index (κ2) is 9.21. The van der Waals surface area contributed by atoms with Crippen molar-refractivity contribution in [2.75, 3.05) is 5.32 Å². The van der Waals surface area contributed by atoms with E-state index in [0.717, 1.165) is 38.5 Å². The molecule has 1 saturated carbocycles. The normalized spacial score (nSPS) is 15.5. The first kappa shape index (κ1) is 19.0. The Morgan fingerprint density at radius 1 is 1.04 bits per heavy atom. The number of benzene rings is 1. The van der Waals surface area contributed by atoms with E-state index in [9.17, 15) is 13.2 Å². The minimum Gasteiger partial charge on any atom is -0.326 e. The van der Waals surface area contributed by atoms with Gasteiger partial charge in [-0.2, -0.15) is 0 Å². The largest absolute Gasteiger partial charge is 0.326 e. The molecule has 0 bridgehead atoms. The van der Waals surface area contributed by atoms with E-state index in [0.29, 0.717) is 17.0 Å². The number of hydrogen-bond donors (Lipinski definition) is 1. The van der Waals surface area contributed by atoms with Crippen LogP contribution in [0.15, 0.2) is 29.2 Å². The summed E-state index contributed by atoms with van der Waals surface area (Å²) in [6.45, 7) is 2.17. The van der Waals surface area contributed by atoms with Crippen LogP contribution in [-0.4, -0.2) is 19.6 Å². The number of carbonyl (C=O) groups is 1. The van der Waals surface area contributed by atoms with Crippen molar-refractivity contribution in [1.82, 2.24) is 0 Å². The maximum absolute atomic E-state index is 12.5. The van der Waals surface area contributed by atoms with Crippen molar-refractivity contribution in [3.63, 3.8) is 0 Å². The zero-order valence-electron chi connectivity index (χ0n) is 14.6. The van der Waals surface area contributed by atoms with Gasteiger partial charge in [0.05, 0.1) is 10.1 Å². The van der Waals surface area contributed by atoms with Crippen LogP contribution in [0.3, 0.4) is 0 Å². The summed E-state index contributed by atoms with van der Waals surface area (Å²) in [6.07, 6.45) is 9.62. The Hall–Kier alpha value is -1.36. The van der Waals surface area contributed by atoms with Crippen LogP contribution < -0.4 is 5.32 Å². The Labute approximate surface area is 146 Å². The highest BCUT2D eigenvalue weighted by Gasteiger charge is 2.30. The van der Waals surface area contributed by atoms with E-state index in [4.69, 9.17) is 0 Å². The third-order valence-electron chi connectivity index (χ3n) is 4.72. The molecule has 0 aliphatic heterocycles. The van der Waals surface area contributed by atoms with E-state index >= 15 is 0 Å². The lowest BCUT2D eigenvalue weighted by molar-refractivity contribution is -0.116. The van der Waals surface area contributed by atoms with Crippen molar-refractivity contribution in [3.05, 3.63) is 24.3 Å². The molecule has 5 heteroatoms. The van der Waals surface area contributed by atoms with E-state index in [-0.39, 0.29) is 11.2 Å². The minimum atomic E-state index is -3.22. The second-order valence-corrected chi connectivity index (χ2v) is 8.92. The number of amides is 1. The highest BCUT2D eigenvalue weighted by molar-refractivity contribution is 7.92. The predicted octanol–water partition coefficient (Wildman–Crippen LogP) is 4.70. The molecule has 4 nitrogen and oxygen atoms in total. The summed E-state index contributed by atoms with van der Waals surface area (Å²) in [6, 6.07) is 6.61. The van der Waals surface area contributed by atoms with Crippen LogP contribution in [0, 0.1) is 0 Å². The molecule has 1 N–H and O–H groups in total. The minimum absolute atomic E-state index is 0.00195. The van der Waals surface area contributed by atoms with Gasteiger partial charge in [0.2, 0.25) is 5.91 Å². The molecular formula is C19H29NO3S. The van der Waals surface area contributed by atoms with Gasteiger partial charge in [-0.25, -0.2) is 8.42 Å². The number of rotatable bonds is 9. The van der Waals surface area contributed by atoms with Crippen LogP contribution in [0.1, 0.15) is 71.1 Å². The van der Waals surface area contributed by atoms with Gasteiger partial charge in [0.15, 0.2) is 9.84 Å². The van der Waals surface area contributed by atoms with Crippen LogP contribution in [0.25, 0.3) is 0 Å². The molecule has 24 heavy (non-hydrogen) atoms. The number of anilines is 1. The van der Waals surface area contributed by atoms with Gasteiger partial charge in [-0.05, 0) is 43.5 Å². The summed E-state index contributed by atoms with van der Waals surface area (Å²) in [4.78, 5) is 12.3. The number of unbranched alkanes of at least 4 members (excludes halogenated alkanes) is 4. The van der Waals surface area contributed by atoms with Crippen molar-refractivity contribution >= 4 is 21.4 Å². The molecule has 1 aliphatic carbocycles. The Morgan fingerprint density at radius 3 is 2.29 bits per heavy atom. The van der Waals surface area contributed by atoms with Crippen molar-refractivity contribution in [3.8, 4) is 0 Å². The van der Waals surface area contributed by atoms with E-state index in [1.54, 1.807) is 24.3 Å². The molecule has 0 spiro atoms. The molecule has 134 valence electrons. The van der Waals surface area contributed by atoms with Gasteiger partial charge in [0.1, 0.15) is 0 Å². The van der Waals surface area contributed by atoms with Crippen LogP contribution in [0.5, 0.6) is 0 Å². The zero-order valence-corrected chi connectivity index (χ0v) is 15.4. The molecule has 1 aromatic rings. The summed E-state index contributed by atoms with van der Waals surface area (Å²) >= 11 is 0. The number of hydrogen-bond acceptors (Lipinski definition) is 3. The SMILES string of the molecule is CCCCCCCC(=O)Nc1ccc(S(=O)(=O)C2CCCC2)cc1. The Morgan fingerprint density at radius 2 is 1.67 bits per heavy atom. The van der Waals surface area contributed by atoms with E-state index in [1.165, 1.54) is 19.3 Å². The van der Waals surface area contributed by atoms with Crippen LogP contribution in [0.2, 0.25) is 0 Å². The third-order valence-corrected chi connectivity index (χ3v) is 6.99. The fourth-order valence-corrected chi connectivity index (χ4v) is 5.09. The van der Waals surface area contributed by atoms with Gasteiger partial charge < -0.3 is 5.32 Å². The highest BCUT2D eigenvalue weighted by atomic mass is 32.2. The summed E-state index contributed by atoms with van der Waals surface area (Å²) in [5, 5.41) is 2.61. The maximum atomic E-state index is 12.5. The Bertz CT molecular complexity index is 617. The topological polar surface area (TPSA) is 63.2 Å². The van der Waals surface area contributed by atoms with Gasteiger partial charge in [0, 0.05) is 12.1 Å². The monoisotopic (exact) mass is 351 g/mol. The average Bonchev–Trinajstić information content (AvgIpc) is 3.10. The fraction of sp³-hybridized carbons (Fsp3) is 0.632. The molecular weight excluding hydrogens is 322 g/mol. The molecule has 0 heterocycles. The molecule has 2 rings (SSSR count). The van der Waals surface area contributed by atoms with Gasteiger partial charge in [-0.15, -0.1) is 0 Å². The van der Waals surface area contributed by atoms with Gasteiger partial charge in [-0.1, -0.05) is 45.4 Å². The summed E-state index contributed by atoms with van der Waals surface area (Å²) in [5.74, 6) is -0.00195. The van der Waals surface area contributed by atoms with Gasteiger partial charge in [0.25, 0.3) is 0 Å². The summed E-state index contributed by atoms with van der Waals surface area (Å²) in [5.41, 5.74) is 0.666. The predicted molar refractivity (Wildman–Crippen MR) is 97.9 cm³/mol. The van der Waals surface area contributed by atoms with Gasteiger partial charge >= 0.3 is 0 Å². The Balaban J connectivity index is 1.84.